The third-order valence-corrected chi connectivity index (χ3v) is 8.43. The molecule has 0 bridgehead atoms. The molecule has 38 heavy (non-hydrogen) atoms. The maximum atomic E-state index is 13.3. The minimum absolute atomic E-state index is 0.00861. The van der Waals surface area contributed by atoms with E-state index in [0.717, 1.165) is 37.7 Å². The number of rotatable bonds is 11. The number of benzene rings is 1. The smallest absolute Gasteiger partial charge is 0.332 e. The Morgan fingerprint density at radius 2 is 1.74 bits per heavy atom. The molecule has 0 saturated heterocycles. The van der Waals surface area contributed by atoms with Crippen molar-refractivity contribution in [3.05, 3.63) is 67.7 Å². The Morgan fingerprint density at radius 1 is 1.00 bits per heavy atom. The van der Waals surface area contributed by atoms with Crippen molar-refractivity contribution in [1.82, 2.24) is 19.4 Å². The quantitative estimate of drug-likeness (QED) is 0.370. The summed E-state index contributed by atoms with van der Waals surface area (Å²) in [6.45, 7) is 2.73. The van der Waals surface area contributed by atoms with Gasteiger partial charge in [0.1, 0.15) is 11.2 Å². The van der Waals surface area contributed by atoms with Crippen molar-refractivity contribution < 1.29 is 9.59 Å². The van der Waals surface area contributed by atoms with E-state index in [2.05, 4.69) is 5.32 Å². The number of nitrogens with one attached hydrogen (secondary N) is 1. The predicted molar refractivity (Wildman–Crippen MR) is 151 cm³/mol. The summed E-state index contributed by atoms with van der Waals surface area (Å²) in [5.74, 6) is -0.112. The van der Waals surface area contributed by atoms with Crippen LogP contribution in [0.4, 0.5) is 0 Å². The highest BCUT2D eigenvalue weighted by molar-refractivity contribution is 7.17. The molecule has 0 radical (unpaired) electrons. The number of nitrogens with zero attached hydrogens (tertiary/aromatic N) is 3. The zero-order valence-electron chi connectivity index (χ0n) is 22.4. The van der Waals surface area contributed by atoms with E-state index in [1.807, 2.05) is 38.2 Å². The molecule has 2 heterocycles. The standard InChI is InChI=1S/C29H38N4O4S/c1-21-12-14-22(15-13-21)19-30-25(34)11-7-4-8-17-32-28(36)27-24(16-18-38-27)33(29(32)37)20-26(35)31(2)23-9-5-3-6-10-23/h12-16,18,23H,3-11,17,19-20H2,1-2H3,(H,30,34). The molecule has 0 spiro atoms. The number of carbonyl (C=O) groups is 2. The zero-order valence-corrected chi connectivity index (χ0v) is 23.2. The van der Waals surface area contributed by atoms with Gasteiger partial charge in [-0.25, -0.2) is 4.79 Å². The van der Waals surface area contributed by atoms with Gasteiger partial charge in [0.25, 0.3) is 5.56 Å². The summed E-state index contributed by atoms with van der Waals surface area (Å²) in [7, 11) is 1.82. The third-order valence-electron chi connectivity index (χ3n) is 7.54. The number of fused-ring (bicyclic) bond motifs is 1. The molecule has 0 aliphatic heterocycles. The molecule has 8 nitrogen and oxygen atoms in total. The van der Waals surface area contributed by atoms with Crippen molar-refractivity contribution in [2.24, 2.45) is 0 Å². The maximum Gasteiger partial charge on any atom is 0.332 e. The van der Waals surface area contributed by atoms with Crippen molar-refractivity contribution in [1.29, 1.82) is 0 Å². The minimum Gasteiger partial charge on any atom is -0.352 e. The van der Waals surface area contributed by atoms with Crippen LogP contribution in [-0.4, -0.2) is 38.9 Å². The summed E-state index contributed by atoms with van der Waals surface area (Å²) < 4.78 is 3.20. The van der Waals surface area contributed by atoms with Crippen LogP contribution in [0.3, 0.4) is 0 Å². The largest absolute Gasteiger partial charge is 0.352 e. The summed E-state index contributed by atoms with van der Waals surface area (Å²) >= 11 is 1.30. The van der Waals surface area contributed by atoms with Crippen LogP contribution in [0.1, 0.15) is 68.9 Å². The van der Waals surface area contributed by atoms with Gasteiger partial charge in [-0.1, -0.05) is 55.5 Å². The molecule has 0 unspecified atom stereocenters. The van der Waals surface area contributed by atoms with Crippen LogP contribution in [0, 0.1) is 6.92 Å². The Bertz CT molecular complexity index is 1370. The first-order chi connectivity index (χ1) is 18.3. The number of unbranched alkanes of at least 4 members (excludes halogenated alkanes) is 2. The topological polar surface area (TPSA) is 93.4 Å². The van der Waals surface area contributed by atoms with Crippen molar-refractivity contribution in [2.75, 3.05) is 7.05 Å². The maximum absolute atomic E-state index is 13.3. The number of aromatic nitrogens is 2. The minimum atomic E-state index is -0.442. The molecule has 1 aromatic carbocycles. The van der Waals surface area contributed by atoms with E-state index in [-0.39, 0.29) is 36.5 Å². The fourth-order valence-electron chi connectivity index (χ4n) is 5.13. The number of amides is 2. The second-order valence-corrected chi connectivity index (χ2v) is 11.2. The van der Waals surface area contributed by atoms with Crippen molar-refractivity contribution in [3.63, 3.8) is 0 Å². The van der Waals surface area contributed by atoms with E-state index >= 15 is 0 Å². The van der Waals surface area contributed by atoms with Crippen LogP contribution in [0.25, 0.3) is 10.2 Å². The number of likely N-dealkylation sites (N-methyl/N-ethyl adjacent to an activating group) is 1. The zero-order chi connectivity index (χ0) is 27.1. The summed E-state index contributed by atoms with van der Waals surface area (Å²) in [5.41, 5.74) is 2.02. The third kappa shape index (κ3) is 6.81. The second-order valence-electron chi connectivity index (χ2n) is 10.3. The highest BCUT2D eigenvalue weighted by atomic mass is 32.1. The molecule has 204 valence electrons. The van der Waals surface area contributed by atoms with Crippen LogP contribution >= 0.6 is 11.3 Å². The van der Waals surface area contributed by atoms with Crippen molar-refractivity contribution in [2.45, 2.75) is 90.4 Å². The Morgan fingerprint density at radius 3 is 2.47 bits per heavy atom. The van der Waals surface area contributed by atoms with Gasteiger partial charge in [0.2, 0.25) is 11.8 Å². The molecule has 4 rings (SSSR count). The van der Waals surface area contributed by atoms with E-state index in [1.54, 1.807) is 16.3 Å². The summed E-state index contributed by atoms with van der Waals surface area (Å²) in [4.78, 5) is 53.5. The van der Waals surface area contributed by atoms with E-state index in [4.69, 9.17) is 0 Å². The van der Waals surface area contributed by atoms with Crippen LogP contribution in [0.15, 0.2) is 45.3 Å². The molecule has 1 aliphatic carbocycles. The lowest BCUT2D eigenvalue weighted by molar-refractivity contribution is -0.133. The van der Waals surface area contributed by atoms with E-state index < -0.39 is 5.69 Å². The number of aryl methyl sites for hydroxylation is 1. The Labute approximate surface area is 227 Å². The van der Waals surface area contributed by atoms with E-state index in [9.17, 15) is 19.2 Å². The van der Waals surface area contributed by atoms with Gasteiger partial charge in [-0.15, -0.1) is 11.3 Å². The van der Waals surface area contributed by atoms with E-state index in [0.29, 0.717) is 36.0 Å². The SMILES string of the molecule is Cc1ccc(CNC(=O)CCCCCn2c(=O)c3sccc3n(CC(=O)N(C)C3CCCCC3)c2=O)cc1. The molecule has 9 heteroatoms. The average Bonchev–Trinajstić information content (AvgIpc) is 3.42. The number of hydrogen-bond donors (Lipinski definition) is 1. The van der Waals surface area contributed by atoms with Crippen LogP contribution < -0.4 is 16.6 Å². The van der Waals surface area contributed by atoms with Gasteiger partial charge in [-0.05, 0) is 49.6 Å². The Kier molecular flexibility index (Phi) is 9.55. The van der Waals surface area contributed by atoms with Gasteiger partial charge in [0, 0.05) is 32.6 Å². The average molecular weight is 539 g/mol. The number of carbonyl (C=O) groups excluding carboxylic acids is 2. The van der Waals surface area contributed by atoms with Gasteiger partial charge >= 0.3 is 5.69 Å². The molecule has 0 atom stereocenters. The molecule has 3 aromatic rings. The lowest BCUT2D eigenvalue weighted by Crippen LogP contribution is -2.45. The Hall–Kier alpha value is -3.20. The van der Waals surface area contributed by atoms with Crippen molar-refractivity contribution in [3.8, 4) is 0 Å². The molecule has 1 saturated carbocycles. The fourth-order valence-corrected chi connectivity index (χ4v) is 5.97. The molecule has 2 amide bonds. The normalized spacial score (nSPS) is 14.1. The van der Waals surface area contributed by atoms with Crippen LogP contribution in [0.5, 0.6) is 0 Å². The lowest BCUT2D eigenvalue weighted by Gasteiger charge is -2.31. The molecular weight excluding hydrogens is 500 g/mol. The monoisotopic (exact) mass is 538 g/mol. The van der Waals surface area contributed by atoms with Gasteiger partial charge in [0.05, 0.1) is 5.52 Å². The first-order valence-electron chi connectivity index (χ1n) is 13.6. The van der Waals surface area contributed by atoms with Gasteiger partial charge in [-0.3, -0.25) is 23.5 Å². The number of hydrogen-bond acceptors (Lipinski definition) is 5. The molecule has 1 fully saturated rings. The summed E-state index contributed by atoms with van der Waals surface area (Å²) in [6.07, 6.45) is 7.83. The molecular formula is C29H38N4O4S. The molecule has 1 N–H and O–H groups in total. The van der Waals surface area contributed by atoms with Gasteiger partial charge in [-0.2, -0.15) is 0 Å². The predicted octanol–water partition coefficient (Wildman–Crippen LogP) is 4.20. The van der Waals surface area contributed by atoms with Crippen molar-refractivity contribution >= 4 is 33.4 Å². The first-order valence-corrected chi connectivity index (χ1v) is 14.5. The highest BCUT2D eigenvalue weighted by Gasteiger charge is 2.24. The van der Waals surface area contributed by atoms with Gasteiger partial charge < -0.3 is 10.2 Å². The fraction of sp³-hybridized carbons (Fsp3) is 0.517. The summed E-state index contributed by atoms with van der Waals surface area (Å²) in [6, 6.07) is 10.0. The highest BCUT2D eigenvalue weighted by Crippen LogP contribution is 2.22. The molecule has 1 aliphatic rings. The first kappa shape index (κ1) is 27.8. The van der Waals surface area contributed by atoms with E-state index in [1.165, 1.54) is 32.5 Å². The van der Waals surface area contributed by atoms with Crippen LogP contribution in [0.2, 0.25) is 0 Å². The summed E-state index contributed by atoms with van der Waals surface area (Å²) in [5, 5.41) is 4.73. The Balaban J connectivity index is 1.33. The van der Waals surface area contributed by atoms with Crippen LogP contribution in [-0.2, 0) is 29.2 Å². The lowest BCUT2D eigenvalue weighted by atomic mass is 9.94. The van der Waals surface area contributed by atoms with Gasteiger partial charge in [0.15, 0.2) is 0 Å². The second kappa shape index (κ2) is 13.0. The number of thiophene rings is 1. The molecule has 2 aromatic heterocycles.